The molecule has 1 rings (SSSR count). The number of nitrogens with one attached hydrogen (secondary N) is 1. The fraction of sp³-hybridized carbons (Fsp3) is 0. The zero-order valence-corrected chi connectivity index (χ0v) is 6.75. The van der Waals surface area contributed by atoms with Gasteiger partial charge in [-0.15, -0.1) is 11.3 Å². The Hall–Kier alpha value is -0.740. The molecule has 0 unspecified atom stereocenters. The SMILES string of the molecule is NC(N)=[NH+]c1cccs1.[Cl-]. The predicted molar refractivity (Wildman–Crippen MR) is 38.3 cm³/mol. The highest BCUT2D eigenvalue weighted by molar-refractivity contribution is 7.13. The van der Waals surface area contributed by atoms with E-state index in [0.717, 1.165) is 5.00 Å². The summed E-state index contributed by atoms with van der Waals surface area (Å²) in [7, 11) is 0. The summed E-state index contributed by atoms with van der Waals surface area (Å²) in [6, 6.07) is 3.83. The van der Waals surface area contributed by atoms with Crippen LogP contribution in [0.1, 0.15) is 0 Å². The monoisotopic (exact) mass is 177 g/mol. The molecule has 1 aromatic heterocycles. The highest BCUT2D eigenvalue weighted by atomic mass is 35.5. The molecule has 0 aliphatic rings. The summed E-state index contributed by atoms with van der Waals surface area (Å²) in [5.41, 5.74) is 10.3. The van der Waals surface area contributed by atoms with Crippen LogP contribution >= 0.6 is 11.3 Å². The van der Waals surface area contributed by atoms with E-state index >= 15 is 0 Å². The van der Waals surface area contributed by atoms with Gasteiger partial charge in [-0.1, -0.05) is 0 Å². The Morgan fingerprint density at radius 2 is 2.20 bits per heavy atom. The van der Waals surface area contributed by atoms with Gasteiger partial charge in [0, 0.05) is 0 Å². The standard InChI is InChI=1S/C5H7N3S.ClH/c6-5(7)8-4-2-1-3-9-4;/h1-3H,(H4,6,7,8);1H. The Labute approximate surface area is 69.2 Å². The number of rotatable bonds is 1. The van der Waals surface area contributed by atoms with Crippen molar-refractivity contribution < 1.29 is 17.4 Å². The van der Waals surface area contributed by atoms with Crippen LogP contribution in [-0.4, -0.2) is 5.96 Å². The van der Waals surface area contributed by atoms with Crippen LogP contribution in [0.3, 0.4) is 0 Å². The summed E-state index contributed by atoms with van der Waals surface area (Å²) in [6.07, 6.45) is 0. The quantitative estimate of drug-likeness (QED) is 0.301. The Morgan fingerprint density at radius 1 is 1.50 bits per heavy atom. The first-order valence-corrected chi connectivity index (χ1v) is 3.35. The second-order valence-corrected chi connectivity index (χ2v) is 2.51. The van der Waals surface area contributed by atoms with Crippen LogP contribution in [0.15, 0.2) is 17.5 Å². The van der Waals surface area contributed by atoms with E-state index in [1.54, 1.807) is 11.3 Å². The molecule has 0 aliphatic carbocycles. The molecule has 0 radical (unpaired) electrons. The molecule has 5 N–H and O–H groups in total. The smallest absolute Gasteiger partial charge is 0.344 e. The molecule has 0 bridgehead atoms. The van der Waals surface area contributed by atoms with Crippen molar-refractivity contribution in [3.05, 3.63) is 17.5 Å². The molecular weight excluding hydrogens is 170 g/mol. The highest BCUT2D eigenvalue weighted by Gasteiger charge is 1.90. The predicted octanol–water partition coefficient (Wildman–Crippen LogP) is -4.26. The van der Waals surface area contributed by atoms with Gasteiger partial charge < -0.3 is 12.4 Å². The topological polar surface area (TPSA) is 66.0 Å². The maximum atomic E-state index is 5.17. The van der Waals surface area contributed by atoms with Gasteiger partial charge in [-0.3, -0.25) is 11.5 Å². The van der Waals surface area contributed by atoms with E-state index in [4.69, 9.17) is 11.5 Å². The fourth-order valence-electron chi connectivity index (χ4n) is 0.492. The van der Waals surface area contributed by atoms with E-state index in [9.17, 15) is 0 Å². The Bertz CT molecular complexity index is 203. The maximum absolute atomic E-state index is 5.17. The second-order valence-electron chi connectivity index (χ2n) is 1.56. The molecule has 0 saturated heterocycles. The van der Waals surface area contributed by atoms with Gasteiger partial charge in [-0.05, 0) is 17.5 Å². The maximum Gasteiger partial charge on any atom is 0.344 e. The largest absolute Gasteiger partial charge is 1.00 e. The number of guanidine groups is 1. The molecule has 5 heteroatoms. The third-order valence-corrected chi connectivity index (χ3v) is 1.57. The van der Waals surface area contributed by atoms with E-state index in [2.05, 4.69) is 4.99 Å². The van der Waals surface area contributed by atoms with Gasteiger partial charge in [-0.25, -0.2) is 4.99 Å². The van der Waals surface area contributed by atoms with Crippen molar-refractivity contribution in [1.82, 2.24) is 0 Å². The molecule has 0 amide bonds. The van der Waals surface area contributed by atoms with E-state index in [1.165, 1.54) is 0 Å². The van der Waals surface area contributed by atoms with Crippen molar-refractivity contribution in [2.24, 2.45) is 11.5 Å². The van der Waals surface area contributed by atoms with E-state index in [0.29, 0.717) is 0 Å². The zero-order valence-electron chi connectivity index (χ0n) is 5.17. The van der Waals surface area contributed by atoms with Crippen molar-refractivity contribution in [3.63, 3.8) is 0 Å². The summed E-state index contributed by atoms with van der Waals surface area (Å²) < 4.78 is 0. The summed E-state index contributed by atoms with van der Waals surface area (Å²) in [5.74, 6) is 0.234. The van der Waals surface area contributed by atoms with Crippen molar-refractivity contribution >= 4 is 22.3 Å². The molecule has 1 aromatic rings. The van der Waals surface area contributed by atoms with Crippen molar-refractivity contribution in [2.75, 3.05) is 0 Å². The Morgan fingerprint density at radius 3 is 2.60 bits per heavy atom. The van der Waals surface area contributed by atoms with Gasteiger partial charge >= 0.3 is 5.96 Å². The fourth-order valence-corrected chi connectivity index (χ4v) is 1.13. The number of hydrogen-bond acceptors (Lipinski definition) is 1. The lowest BCUT2D eigenvalue weighted by Gasteiger charge is -1.80. The normalized spacial score (nSPS) is 8.00. The van der Waals surface area contributed by atoms with Crippen LogP contribution in [0.2, 0.25) is 0 Å². The van der Waals surface area contributed by atoms with Gasteiger partial charge in [0.05, 0.1) is 0 Å². The molecule has 1 heterocycles. The lowest BCUT2D eigenvalue weighted by molar-refractivity contribution is -0.350. The minimum absolute atomic E-state index is 0. The van der Waals surface area contributed by atoms with Gasteiger partial charge in [0.2, 0.25) is 0 Å². The molecule has 0 atom stereocenters. The molecule has 3 nitrogen and oxygen atoms in total. The van der Waals surface area contributed by atoms with Crippen molar-refractivity contribution in [3.8, 4) is 0 Å². The first-order valence-electron chi connectivity index (χ1n) is 2.47. The average molecular weight is 178 g/mol. The van der Waals surface area contributed by atoms with Crippen LogP contribution in [0.25, 0.3) is 0 Å². The zero-order chi connectivity index (χ0) is 6.69. The van der Waals surface area contributed by atoms with Crippen LogP contribution in [-0.2, 0) is 0 Å². The summed E-state index contributed by atoms with van der Waals surface area (Å²) >= 11 is 1.56. The van der Waals surface area contributed by atoms with Crippen LogP contribution < -0.4 is 28.9 Å². The highest BCUT2D eigenvalue weighted by Crippen LogP contribution is 2.06. The van der Waals surface area contributed by atoms with Gasteiger partial charge in [0.1, 0.15) is 0 Å². The molecule has 0 saturated carbocycles. The van der Waals surface area contributed by atoms with Gasteiger partial charge in [-0.2, -0.15) is 0 Å². The molecule has 56 valence electrons. The number of halogens is 1. The van der Waals surface area contributed by atoms with Crippen molar-refractivity contribution in [1.29, 1.82) is 0 Å². The molecule has 0 aromatic carbocycles. The van der Waals surface area contributed by atoms with Gasteiger partial charge in [0.25, 0.3) is 0 Å². The van der Waals surface area contributed by atoms with Crippen LogP contribution in [0.4, 0.5) is 5.00 Å². The Kier molecular flexibility index (Phi) is 3.83. The van der Waals surface area contributed by atoms with Gasteiger partial charge in [0.15, 0.2) is 5.00 Å². The summed E-state index contributed by atoms with van der Waals surface area (Å²) in [6.45, 7) is 0. The summed E-state index contributed by atoms with van der Waals surface area (Å²) in [4.78, 5) is 2.78. The molecule has 10 heavy (non-hydrogen) atoms. The number of thiophene rings is 1. The third-order valence-electron chi connectivity index (χ3n) is 0.789. The van der Waals surface area contributed by atoms with E-state index in [1.807, 2.05) is 17.5 Å². The lowest BCUT2D eigenvalue weighted by Crippen LogP contribution is -3.00. The lowest BCUT2D eigenvalue weighted by atomic mass is 10.6. The minimum atomic E-state index is 0. The van der Waals surface area contributed by atoms with Crippen molar-refractivity contribution in [2.45, 2.75) is 0 Å². The first-order chi connectivity index (χ1) is 4.29. The molecule has 0 spiro atoms. The van der Waals surface area contributed by atoms with Crippen LogP contribution in [0.5, 0.6) is 0 Å². The van der Waals surface area contributed by atoms with E-state index < -0.39 is 0 Å². The molecule has 0 fully saturated rings. The minimum Gasteiger partial charge on any atom is -1.00 e. The van der Waals surface area contributed by atoms with E-state index in [-0.39, 0.29) is 18.4 Å². The molecular formula is C5H8ClN3S. The third kappa shape index (κ3) is 2.70. The first kappa shape index (κ1) is 9.26. The van der Waals surface area contributed by atoms with Crippen LogP contribution in [0, 0.1) is 0 Å². The number of nitrogens with two attached hydrogens (primary N) is 2. The average Bonchev–Trinajstić information content (AvgIpc) is 2.15. The molecule has 0 aliphatic heterocycles. The summed E-state index contributed by atoms with van der Waals surface area (Å²) in [5, 5.41) is 2.92. The number of hydrogen-bond donors (Lipinski definition) is 3. The second kappa shape index (κ2) is 4.14. The Balaban J connectivity index is 0.000000810.